The third-order valence-electron chi connectivity index (χ3n) is 2.99. The second-order valence-corrected chi connectivity index (χ2v) is 6.18. The van der Waals surface area contributed by atoms with E-state index in [1.54, 1.807) is 0 Å². The molecule has 0 amide bonds. The number of para-hydroxylation sites is 1. The molecule has 1 aromatic rings. The maximum atomic E-state index is 12.4. The summed E-state index contributed by atoms with van der Waals surface area (Å²) in [6.07, 6.45) is 0. The smallest absolute Gasteiger partial charge is 0.312 e. The zero-order valence-electron chi connectivity index (χ0n) is 11.4. The molecule has 0 fully saturated rings. The van der Waals surface area contributed by atoms with Crippen molar-refractivity contribution in [3.8, 4) is 0 Å². The number of hydrogen-bond donors (Lipinski definition) is 2. The number of aliphatic hydroxyl groups excluding tert-OH is 1. The van der Waals surface area contributed by atoms with E-state index < -0.39 is 31.6 Å². The molecule has 1 unspecified atom stereocenters. The minimum Gasteiger partial charge on any atom is -0.395 e. The summed E-state index contributed by atoms with van der Waals surface area (Å²) in [4.78, 5) is 10.00. The average Bonchev–Trinajstić information content (AvgIpc) is 2.44. The summed E-state index contributed by atoms with van der Waals surface area (Å²) in [5, 5.41) is 22.8. The molecule has 0 heterocycles. The largest absolute Gasteiger partial charge is 0.395 e. The zero-order valence-corrected chi connectivity index (χ0v) is 12.2. The van der Waals surface area contributed by atoms with E-state index in [0.29, 0.717) is 0 Å². The van der Waals surface area contributed by atoms with Crippen LogP contribution in [0.2, 0.25) is 0 Å². The lowest BCUT2D eigenvalue weighted by Crippen LogP contribution is -2.37. The Bertz CT molecular complexity index is 602. The number of hydrogen-bond acceptors (Lipinski definition) is 6. The van der Waals surface area contributed by atoms with Crippen LogP contribution in [-0.2, 0) is 10.0 Å². The van der Waals surface area contributed by atoms with E-state index in [9.17, 15) is 18.5 Å². The van der Waals surface area contributed by atoms with Crippen molar-refractivity contribution in [2.45, 2.75) is 17.9 Å². The van der Waals surface area contributed by atoms with Crippen LogP contribution in [0.5, 0.6) is 0 Å². The van der Waals surface area contributed by atoms with Crippen LogP contribution in [0, 0.1) is 10.1 Å². The summed E-state index contributed by atoms with van der Waals surface area (Å²) in [6.45, 7) is 1.13. The van der Waals surface area contributed by atoms with Crippen LogP contribution in [0.3, 0.4) is 0 Å². The minimum atomic E-state index is -4.07. The molecular weight excluding hydrogens is 286 g/mol. The second-order valence-electron chi connectivity index (χ2n) is 4.21. The number of anilines is 1. The lowest BCUT2D eigenvalue weighted by Gasteiger charge is -2.22. The van der Waals surface area contributed by atoms with Gasteiger partial charge in [-0.05, 0) is 19.1 Å². The highest BCUT2D eigenvalue weighted by molar-refractivity contribution is 7.89. The fourth-order valence-electron chi connectivity index (χ4n) is 1.63. The van der Waals surface area contributed by atoms with Crippen LogP contribution in [0.25, 0.3) is 0 Å². The van der Waals surface area contributed by atoms with E-state index in [0.717, 1.165) is 4.31 Å². The van der Waals surface area contributed by atoms with Crippen molar-refractivity contribution in [2.24, 2.45) is 0 Å². The first-order valence-electron chi connectivity index (χ1n) is 5.81. The molecule has 9 heteroatoms. The van der Waals surface area contributed by atoms with E-state index in [-0.39, 0.29) is 12.3 Å². The van der Waals surface area contributed by atoms with E-state index in [4.69, 9.17) is 5.11 Å². The summed E-state index contributed by atoms with van der Waals surface area (Å²) >= 11 is 0. The van der Waals surface area contributed by atoms with Gasteiger partial charge in [0, 0.05) is 20.1 Å². The zero-order chi connectivity index (χ0) is 15.5. The van der Waals surface area contributed by atoms with Crippen LogP contribution in [0.15, 0.2) is 23.1 Å². The molecule has 2 N–H and O–H groups in total. The highest BCUT2D eigenvalue weighted by Crippen LogP contribution is 2.33. The fraction of sp³-hybridized carbons (Fsp3) is 0.455. The topological polar surface area (TPSA) is 113 Å². The van der Waals surface area contributed by atoms with Crippen molar-refractivity contribution in [3.05, 3.63) is 28.3 Å². The molecule has 8 nitrogen and oxygen atoms in total. The number of sulfonamides is 1. The number of aliphatic hydroxyl groups is 1. The molecule has 1 atom stereocenters. The quantitative estimate of drug-likeness (QED) is 0.589. The van der Waals surface area contributed by atoms with Gasteiger partial charge in [0.25, 0.3) is 0 Å². The molecular formula is C11H17N3O5S. The molecule has 0 aliphatic carbocycles. The molecule has 1 rings (SSSR count). The van der Waals surface area contributed by atoms with Crippen LogP contribution in [0.1, 0.15) is 6.92 Å². The molecule has 0 radical (unpaired) electrons. The number of nitro benzene ring substituents is 1. The highest BCUT2D eigenvalue weighted by atomic mass is 32.2. The lowest BCUT2D eigenvalue weighted by atomic mass is 10.3. The second kappa shape index (κ2) is 6.16. The number of rotatable bonds is 6. The van der Waals surface area contributed by atoms with E-state index >= 15 is 0 Å². The molecule has 0 saturated carbocycles. The maximum absolute atomic E-state index is 12.4. The summed E-state index contributed by atoms with van der Waals surface area (Å²) in [5.74, 6) is 0. The van der Waals surface area contributed by atoms with Crippen LogP contribution >= 0.6 is 0 Å². The van der Waals surface area contributed by atoms with Gasteiger partial charge in [-0.3, -0.25) is 10.1 Å². The van der Waals surface area contributed by atoms with Gasteiger partial charge < -0.3 is 10.4 Å². The van der Waals surface area contributed by atoms with Crippen molar-refractivity contribution in [1.82, 2.24) is 4.31 Å². The van der Waals surface area contributed by atoms with Crippen molar-refractivity contribution in [1.29, 1.82) is 0 Å². The number of benzene rings is 1. The van der Waals surface area contributed by atoms with Gasteiger partial charge in [-0.15, -0.1) is 0 Å². The minimum absolute atomic E-state index is 0.112. The molecule has 0 aliphatic heterocycles. The van der Waals surface area contributed by atoms with Gasteiger partial charge in [0.1, 0.15) is 5.69 Å². The van der Waals surface area contributed by atoms with Crippen molar-refractivity contribution >= 4 is 21.4 Å². The molecule has 20 heavy (non-hydrogen) atoms. The Morgan fingerprint density at radius 1 is 1.50 bits per heavy atom. The monoisotopic (exact) mass is 303 g/mol. The maximum Gasteiger partial charge on any atom is 0.312 e. The molecule has 0 saturated heterocycles. The normalized spacial score (nSPS) is 13.2. The molecule has 112 valence electrons. The molecule has 1 aromatic carbocycles. The molecule has 0 aliphatic rings. The lowest BCUT2D eigenvalue weighted by molar-refractivity contribution is -0.386. The van der Waals surface area contributed by atoms with E-state index in [1.807, 2.05) is 0 Å². The molecule has 0 aromatic heterocycles. The Kier molecular flexibility index (Phi) is 5.03. The molecule has 0 spiro atoms. The third kappa shape index (κ3) is 2.89. The van der Waals surface area contributed by atoms with Crippen LogP contribution < -0.4 is 5.32 Å². The number of nitrogens with zero attached hydrogens (tertiary/aromatic N) is 2. The Morgan fingerprint density at radius 3 is 2.55 bits per heavy atom. The number of nitrogens with one attached hydrogen (secondary N) is 1. The van der Waals surface area contributed by atoms with Gasteiger partial charge in [0.15, 0.2) is 4.90 Å². The SMILES string of the molecule is CNc1cccc(S(=O)(=O)N(C)C(C)CO)c1[N+](=O)[O-]. The predicted molar refractivity (Wildman–Crippen MR) is 74.1 cm³/mol. The number of likely N-dealkylation sites (N-methyl/N-ethyl adjacent to an activating group) is 1. The first kappa shape index (κ1) is 16.3. The first-order chi connectivity index (χ1) is 9.27. The van der Waals surface area contributed by atoms with Crippen LogP contribution in [-0.4, -0.2) is 49.5 Å². The van der Waals surface area contributed by atoms with Gasteiger partial charge in [-0.25, -0.2) is 8.42 Å². The van der Waals surface area contributed by atoms with Crippen LogP contribution in [0.4, 0.5) is 11.4 Å². The van der Waals surface area contributed by atoms with E-state index in [1.165, 1.54) is 39.2 Å². The Labute approximate surface area is 117 Å². The van der Waals surface area contributed by atoms with E-state index in [2.05, 4.69) is 5.32 Å². The summed E-state index contributed by atoms with van der Waals surface area (Å²) in [5.41, 5.74) is -0.395. The van der Waals surface area contributed by atoms with Crippen molar-refractivity contribution in [3.63, 3.8) is 0 Å². The summed E-state index contributed by atoms with van der Waals surface area (Å²) in [6, 6.07) is 3.34. The highest BCUT2D eigenvalue weighted by Gasteiger charge is 2.33. The first-order valence-corrected chi connectivity index (χ1v) is 7.25. The molecule has 0 bridgehead atoms. The standard InChI is InChI=1S/C11H17N3O5S/c1-8(7-15)13(3)20(18,19)10-6-4-5-9(12-2)11(10)14(16)17/h4-6,8,12,15H,7H2,1-3H3. The van der Waals surface area contributed by atoms with Crippen molar-refractivity contribution < 1.29 is 18.4 Å². The average molecular weight is 303 g/mol. The fourth-order valence-corrected chi connectivity index (χ4v) is 3.16. The van der Waals surface area contributed by atoms with Gasteiger partial charge >= 0.3 is 5.69 Å². The summed E-state index contributed by atoms with van der Waals surface area (Å²) in [7, 11) is -1.33. The Balaban J connectivity index is 3.50. The Hall–Kier alpha value is -1.71. The van der Waals surface area contributed by atoms with Gasteiger partial charge in [0.2, 0.25) is 10.0 Å². The van der Waals surface area contributed by atoms with Crippen molar-refractivity contribution in [2.75, 3.05) is 26.0 Å². The van der Waals surface area contributed by atoms with Gasteiger partial charge in [-0.1, -0.05) is 6.07 Å². The summed E-state index contributed by atoms with van der Waals surface area (Å²) < 4.78 is 25.7. The third-order valence-corrected chi connectivity index (χ3v) is 5.00. The van der Waals surface area contributed by atoms with Gasteiger partial charge in [-0.2, -0.15) is 4.31 Å². The van der Waals surface area contributed by atoms with Gasteiger partial charge in [0.05, 0.1) is 11.5 Å². The Morgan fingerprint density at radius 2 is 2.10 bits per heavy atom. The number of nitro groups is 1. The predicted octanol–water partition coefficient (Wildman–Crippen LogP) is 0.638.